The van der Waals surface area contributed by atoms with Crippen LogP contribution in [0.3, 0.4) is 0 Å². The second kappa shape index (κ2) is 15.5. The highest BCUT2D eigenvalue weighted by molar-refractivity contribution is 5.92. The fourth-order valence-electron chi connectivity index (χ4n) is 4.56. The third-order valence-corrected chi connectivity index (χ3v) is 7.01. The summed E-state index contributed by atoms with van der Waals surface area (Å²) in [4.78, 5) is 27.4. The van der Waals surface area contributed by atoms with E-state index < -0.39 is 35.1 Å². The first kappa shape index (κ1) is 32.9. The van der Waals surface area contributed by atoms with Gasteiger partial charge in [0.25, 0.3) is 0 Å². The number of hydrogen-bond acceptors (Lipinski definition) is 6. The second-order valence-corrected chi connectivity index (χ2v) is 9.95. The molecule has 0 aromatic heterocycles. The zero-order valence-corrected chi connectivity index (χ0v) is 23.9. The number of benzene rings is 2. The van der Waals surface area contributed by atoms with Gasteiger partial charge in [0.1, 0.15) is 11.4 Å². The van der Waals surface area contributed by atoms with E-state index in [1.807, 2.05) is 19.1 Å². The van der Waals surface area contributed by atoms with Crippen LogP contribution in [0.25, 0.3) is 0 Å². The number of nitrogens with one attached hydrogen (secondary N) is 1. The van der Waals surface area contributed by atoms with Gasteiger partial charge in [-0.05, 0) is 42.3 Å². The molecule has 0 saturated carbocycles. The van der Waals surface area contributed by atoms with Crippen molar-refractivity contribution in [3.05, 3.63) is 114 Å². The van der Waals surface area contributed by atoms with Crippen molar-refractivity contribution in [1.82, 2.24) is 10.3 Å². The van der Waals surface area contributed by atoms with E-state index in [1.54, 1.807) is 30.5 Å². The highest BCUT2D eigenvalue weighted by Gasteiger charge is 2.47. The first-order chi connectivity index (χ1) is 20.6. The smallest absolute Gasteiger partial charge is 0.415 e. The Kier molecular flexibility index (Phi) is 11.9. The van der Waals surface area contributed by atoms with Crippen LogP contribution in [0.15, 0.2) is 90.7 Å². The Balaban J connectivity index is 0.000000765. The summed E-state index contributed by atoms with van der Waals surface area (Å²) in [6.07, 6.45) is 11.5. The van der Waals surface area contributed by atoms with Crippen LogP contribution < -0.4 is 10.3 Å². The normalized spacial score (nSPS) is 16.7. The number of anilines is 1. The maximum Gasteiger partial charge on any atom is 0.415 e. The van der Waals surface area contributed by atoms with Crippen LogP contribution >= 0.6 is 0 Å². The number of nitrogens with zero attached hydrogens (tertiary/aromatic N) is 3. The van der Waals surface area contributed by atoms with E-state index in [0.717, 1.165) is 24.3 Å². The lowest BCUT2D eigenvalue weighted by Crippen LogP contribution is -2.47. The summed E-state index contributed by atoms with van der Waals surface area (Å²) >= 11 is 0. The number of carbonyl (C=O) groups is 2. The van der Waals surface area contributed by atoms with E-state index in [-0.39, 0.29) is 11.1 Å². The lowest BCUT2D eigenvalue weighted by atomic mass is 9.91. The quantitative estimate of drug-likeness (QED) is 0.142. The molecule has 1 amide bonds. The van der Waals surface area contributed by atoms with Crippen molar-refractivity contribution in [3.63, 3.8) is 0 Å². The standard InChI is InChI=1S/C26H27F3N4O4.C6H8/c1-2-17(13-30-31-14-19-11-22(28)23(29)12-21(19)27)15-32-9-7-26(8-10-32)16-33(25(36)37-26)20-5-3-18(4-6-20)24(34)35;1-3-5-6-4-2/h3-6,11-14,30H,2,7-10,15-16H2,1H3,(H,34,35);3-6H,1-2H2/b17-13+,31-14+;6-5-. The molecular weight excluding hydrogens is 561 g/mol. The monoisotopic (exact) mass is 596 g/mol. The van der Waals surface area contributed by atoms with Gasteiger partial charge in [-0.25, -0.2) is 22.8 Å². The summed E-state index contributed by atoms with van der Waals surface area (Å²) in [6.45, 7) is 11.4. The molecule has 11 heteroatoms. The van der Waals surface area contributed by atoms with Gasteiger partial charge < -0.3 is 9.84 Å². The Morgan fingerprint density at radius 2 is 1.70 bits per heavy atom. The number of carboxylic acid groups (broad SMARTS) is 1. The summed E-state index contributed by atoms with van der Waals surface area (Å²) in [5.41, 5.74) is 3.73. The lowest BCUT2D eigenvalue weighted by molar-refractivity contribution is 0.00289. The van der Waals surface area contributed by atoms with Crippen LogP contribution in [0, 0.1) is 17.5 Å². The molecule has 2 saturated heterocycles. The molecule has 2 aliphatic heterocycles. The molecule has 4 rings (SSSR count). The van der Waals surface area contributed by atoms with Gasteiger partial charge in [0.05, 0.1) is 18.3 Å². The predicted molar refractivity (Wildman–Crippen MR) is 161 cm³/mol. The van der Waals surface area contributed by atoms with Crippen molar-refractivity contribution in [2.75, 3.05) is 31.1 Å². The van der Waals surface area contributed by atoms with Crippen molar-refractivity contribution in [2.45, 2.75) is 31.8 Å². The fraction of sp³-hybridized carbons (Fsp3) is 0.281. The molecule has 2 aromatic rings. The van der Waals surface area contributed by atoms with E-state index in [2.05, 4.69) is 28.6 Å². The maximum atomic E-state index is 13.7. The van der Waals surface area contributed by atoms with Gasteiger partial charge in [0.15, 0.2) is 11.6 Å². The van der Waals surface area contributed by atoms with Gasteiger partial charge in [-0.1, -0.05) is 44.4 Å². The molecule has 2 heterocycles. The first-order valence-corrected chi connectivity index (χ1v) is 13.7. The number of allylic oxidation sites excluding steroid dienone is 4. The summed E-state index contributed by atoms with van der Waals surface area (Å²) in [5, 5.41) is 12.9. The zero-order chi connectivity index (χ0) is 31.4. The zero-order valence-electron chi connectivity index (χ0n) is 23.9. The number of hydrogen-bond donors (Lipinski definition) is 2. The molecule has 0 unspecified atom stereocenters. The van der Waals surface area contributed by atoms with Gasteiger partial charge in [-0.3, -0.25) is 15.2 Å². The summed E-state index contributed by atoms with van der Waals surface area (Å²) < 4.78 is 45.8. The van der Waals surface area contributed by atoms with Crippen LogP contribution in [0.2, 0.25) is 0 Å². The topological polar surface area (TPSA) is 94.5 Å². The van der Waals surface area contributed by atoms with Crippen LogP contribution in [-0.2, 0) is 4.74 Å². The Morgan fingerprint density at radius 3 is 2.28 bits per heavy atom. The van der Waals surface area contributed by atoms with Gasteiger partial charge in [0, 0.05) is 56.0 Å². The maximum absolute atomic E-state index is 13.7. The molecule has 43 heavy (non-hydrogen) atoms. The minimum absolute atomic E-state index is 0.149. The summed E-state index contributed by atoms with van der Waals surface area (Å²) in [7, 11) is 0. The highest BCUT2D eigenvalue weighted by atomic mass is 19.2. The number of carbonyl (C=O) groups excluding carboxylic acids is 1. The van der Waals surface area contributed by atoms with Gasteiger partial charge in [-0.15, -0.1) is 0 Å². The molecule has 0 radical (unpaired) electrons. The summed E-state index contributed by atoms with van der Waals surface area (Å²) in [5.74, 6) is -4.34. The van der Waals surface area contributed by atoms with E-state index in [0.29, 0.717) is 50.8 Å². The van der Waals surface area contributed by atoms with Gasteiger partial charge in [-0.2, -0.15) is 5.10 Å². The minimum atomic E-state index is -1.26. The SMILES string of the molecule is C=C/C=C\C=C.CC/C(=C\N/N=C/c1cc(F)c(F)cc1F)CN1CCC2(CC1)CN(c1ccc(C(=O)O)cc1)C(=O)O2. The number of likely N-dealkylation sites (tertiary alicyclic amines) is 1. The van der Waals surface area contributed by atoms with E-state index in [1.165, 1.54) is 17.0 Å². The average Bonchev–Trinajstić information content (AvgIpc) is 3.32. The van der Waals surface area contributed by atoms with E-state index in [4.69, 9.17) is 9.84 Å². The van der Waals surface area contributed by atoms with Crippen LogP contribution in [-0.4, -0.2) is 60.1 Å². The Morgan fingerprint density at radius 1 is 1.07 bits per heavy atom. The molecule has 2 aromatic carbocycles. The van der Waals surface area contributed by atoms with E-state index in [9.17, 15) is 22.8 Å². The van der Waals surface area contributed by atoms with E-state index >= 15 is 0 Å². The van der Waals surface area contributed by atoms with Crippen molar-refractivity contribution in [2.24, 2.45) is 5.10 Å². The molecule has 2 aliphatic rings. The molecule has 0 bridgehead atoms. The Hall–Kier alpha value is -4.64. The van der Waals surface area contributed by atoms with Gasteiger partial charge >= 0.3 is 12.1 Å². The fourth-order valence-corrected chi connectivity index (χ4v) is 4.56. The van der Waals surface area contributed by atoms with Crippen molar-refractivity contribution < 1.29 is 32.6 Å². The number of piperidine rings is 1. The Bertz CT molecular complexity index is 1390. The third-order valence-electron chi connectivity index (χ3n) is 7.01. The molecular formula is C32H35F3N4O4. The Labute approximate surface area is 249 Å². The van der Waals surface area contributed by atoms with Crippen molar-refractivity contribution in [1.29, 1.82) is 0 Å². The van der Waals surface area contributed by atoms with Crippen molar-refractivity contribution in [3.8, 4) is 0 Å². The second-order valence-electron chi connectivity index (χ2n) is 9.95. The molecule has 0 aliphatic carbocycles. The third kappa shape index (κ3) is 9.17. The number of halogens is 3. The molecule has 2 fully saturated rings. The largest absolute Gasteiger partial charge is 0.478 e. The van der Waals surface area contributed by atoms with Crippen LogP contribution in [0.1, 0.15) is 42.1 Å². The number of aromatic carboxylic acids is 1. The molecule has 0 atom stereocenters. The molecule has 2 N–H and O–H groups in total. The number of amides is 1. The van der Waals surface area contributed by atoms with Crippen LogP contribution in [0.4, 0.5) is 23.7 Å². The van der Waals surface area contributed by atoms with Crippen LogP contribution in [0.5, 0.6) is 0 Å². The highest BCUT2D eigenvalue weighted by Crippen LogP contribution is 2.36. The van der Waals surface area contributed by atoms with Gasteiger partial charge in [0.2, 0.25) is 0 Å². The molecule has 228 valence electrons. The lowest BCUT2D eigenvalue weighted by Gasteiger charge is -2.37. The number of carboxylic acids is 1. The predicted octanol–water partition coefficient (Wildman–Crippen LogP) is 6.43. The summed E-state index contributed by atoms with van der Waals surface area (Å²) in [6, 6.07) is 7.35. The number of rotatable bonds is 10. The number of ether oxygens (including phenoxy) is 1. The molecule has 8 nitrogen and oxygen atoms in total. The number of hydrazone groups is 1. The van der Waals surface area contributed by atoms with Crippen molar-refractivity contribution >= 4 is 24.0 Å². The first-order valence-electron chi connectivity index (χ1n) is 13.7. The average molecular weight is 597 g/mol. The minimum Gasteiger partial charge on any atom is -0.478 e. The molecule has 1 spiro atoms.